The Morgan fingerprint density at radius 1 is 1.00 bits per heavy atom. The molecule has 1 heteroatoms. The zero-order valence-electron chi connectivity index (χ0n) is 10.3. The molecule has 0 saturated heterocycles. The van der Waals surface area contributed by atoms with Crippen molar-refractivity contribution in [2.75, 3.05) is 0 Å². The van der Waals surface area contributed by atoms with Crippen LogP contribution in [0.5, 0.6) is 0 Å². The Bertz CT molecular complexity index is 399. The lowest BCUT2D eigenvalue weighted by atomic mass is 9.91. The van der Waals surface area contributed by atoms with E-state index in [1.165, 1.54) is 38.5 Å². The quantitative estimate of drug-likeness (QED) is 0.692. The van der Waals surface area contributed by atoms with E-state index in [9.17, 15) is 4.79 Å². The van der Waals surface area contributed by atoms with Crippen molar-refractivity contribution in [1.82, 2.24) is 0 Å². The SMILES string of the molecule is O=C(c1ccccc1)C1CC12CCCCCC2. The third-order valence-corrected chi connectivity index (χ3v) is 4.66. The largest absolute Gasteiger partial charge is 0.294 e. The number of Topliss-reactive ketones (excluding diaryl/α,β-unsaturated/α-hetero) is 1. The van der Waals surface area contributed by atoms with Gasteiger partial charge < -0.3 is 0 Å². The normalized spacial score (nSPS) is 26.5. The molecule has 2 aliphatic rings. The number of benzene rings is 1. The summed E-state index contributed by atoms with van der Waals surface area (Å²) in [6, 6.07) is 9.84. The first-order chi connectivity index (χ1) is 8.32. The molecule has 0 radical (unpaired) electrons. The smallest absolute Gasteiger partial charge is 0.166 e. The van der Waals surface area contributed by atoms with Crippen LogP contribution in [0.25, 0.3) is 0 Å². The van der Waals surface area contributed by atoms with Crippen molar-refractivity contribution in [1.29, 1.82) is 0 Å². The fourth-order valence-electron chi connectivity index (χ4n) is 3.51. The summed E-state index contributed by atoms with van der Waals surface area (Å²) in [5.74, 6) is 0.732. The van der Waals surface area contributed by atoms with Gasteiger partial charge in [0.05, 0.1) is 0 Å². The Labute approximate surface area is 103 Å². The molecule has 1 aromatic rings. The van der Waals surface area contributed by atoms with Gasteiger partial charge in [0.25, 0.3) is 0 Å². The molecule has 0 aromatic heterocycles. The molecule has 0 amide bonds. The first kappa shape index (κ1) is 11.0. The highest BCUT2D eigenvalue weighted by Gasteiger charge is 2.56. The number of ketones is 1. The highest BCUT2D eigenvalue weighted by molar-refractivity contribution is 6.00. The zero-order chi connectivity index (χ0) is 11.7. The Kier molecular flexibility index (Phi) is 2.78. The van der Waals surface area contributed by atoms with Gasteiger partial charge in [0, 0.05) is 11.5 Å². The van der Waals surface area contributed by atoms with Crippen LogP contribution in [0.3, 0.4) is 0 Å². The Morgan fingerprint density at radius 3 is 2.29 bits per heavy atom. The van der Waals surface area contributed by atoms with E-state index in [1.54, 1.807) is 0 Å². The number of carbonyl (C=O) groups excluding carboxylic acids is 1. The van der Waals surface area contributed by atoms with E-state index < -0.39 is 0 Å². The van der Waals surface area contributed by atoms with Crippen molar-refractivity contribution in [2.24, 2.45) is 11.3 Å². The van der Waals surface area contributed by atoms with Crippen LogP contribution >= 0.6 is 0 Å². The van der Waals surface area contributed by atoms with Crippen LogP contribution in [0.4, 0.5) is 0 Å². The molecule has 0 aliphatic heterocycles. The van der Waals surface area contributed by atoms with Gasteiger partial charge in [0.15, 0.2) is 5.78 Å². The Morgan fingerprint density at radius 2 is 1.65 bits per heavy atom. The second-order valence-corrected chi connectivity index (χ2v) is 5.76. The number of carbonyl (C=O) groups is 1. The highest BCUT2D eigenvalue weighted by atomic mass is 16.1. The highest BCUT2D eigenvalue weighted by Crippen LogP contribution is 2.61. The van der Waals surface area contributed by atoms with Gasteiger partial charge in [0.2, 0.25) is 0 Å². The van der Waals surface area contributed by atoms with Gasteiger partial charge in [-0.25, -0.2) is 0 Å². The fourth-order valence-corrected chi connectivity index (χ4v) is 3.51. The van der Waals surface area contributed by atoms with Crippen LogP contribution in [0.1, 0.15) is 55.3 Å². The van der Waals surface area contributed by atoms with Gasteiger partial charge in [-0.1, -0.05) is 56.0 Å². The van der Waals surface area contributed by atoms with Crippen LogP contribution < -0.4 is 0 Å². The van der Waals surface area contributed by atoms with Crippen LogP contribution in [-0.4, -0.2) is 5.78 Å². The minimum Gasteiger partial charge on any atom is -0.294 e. The van der Waals surface area contributed by atoms with E-state index in [0.29, 0.717) is 17.1 Å². The molecule has 3 rings (SSSR count). The molecule has 0 heterocycles. The molecule has 2 aliphatic carbocycles. The van der Waals surface area contributed by atoms with E-state index in [1.807, 2.05) is 30.3 Å². The maximum absolute atomic E-state index is 12.4. The van der Waals surface area contributed by atoms with Crippen LogP contribution in [0.15, 0.2) is 30.3 Å². The molecule has 2 saturated carbocycles. The van der Waals surface area contributed by atoms with Gasteiger partial charge in [-0.2, -0.15) is 0 Å². The number of rotatable bonds is 2. The molecule has 1 spiro atoms. The van der Waals surface area contributed by atoms with Crippen molar-refractivity contribution in [3.8, 4) is 0 Å². The molecule has 1 nitrogen and oxygen atoms in total. The Balaban J connectivity index is 1.73. The number of hydrogen-bond donors (Lipinski definition) is 0. The molecule has 17 heavy (non-hydrogen) atoms. The van der Waals surface area contributed by atoms with Crippen molar-refractivity contribution >= 4 is 5.78 Å². The standard InChI is InChI=1S/C16H20O/c17-15(13-8-4-3-5-9-13)14-12-16(14)10-6-1-2-7-11-16/h3-5,8-9,14H,1-2,6-7,10-12H2. The third-order valence-electron chi connectivity index (χ3n) is 4.66. The summed E-state index contributed by atoms with van der Waals surface area (Å²) in [6.45, 7) is 0. The first-order valence-electron chi connectivity index (χ1n) is 6.91. The topological polar surface area (TPSA) is 17.1 Å². The lowest BCUT2D eigenvalue weighted by Gasteiger charge is -2.13. The molecule has 0 bridgehead atoms. The molecule has 1 aromatic carbocycles. The van der Waals surface area contributed by atoms with Crippen LogP contribution in [0.2, 0.25) is 0 Å². The molecular formula is C16H20O. The Hall–Kier alpha value is -1.11. The van der Waals surface area contributed by atoms with Gasteiger partial charge in [0.1, 0.15) is 0 Å². The fraction of sp³-hybridized carbons (Fsp3) is 0.562. The summed E-state index contributed by atoms with van der Waals surface area (Å²) in [6.07, 6.45) is 9.13. The summed E-state index contributed by atoms with van der Waals surface area (Å²) in [5.41, 5.74) is 1.32. The minimum absolute atomic E-state index is 0.336. The maximum Gasteiger partial charge on any atom is 0.166 e. The number of hydrogen-bond acceptors (Lipinski definition) is 1. The van der Waals surface area contributed by atoms with Gasteiger partial charge >= 0.3 is 0 Å². The second-order valence-electron chi connectivity index (χ2n) is 5.76. The van der Waals surface area contributed by atoms with Crippen molar-refractivity contribution in [2.45, 2.75) is 44.9 Å². The van der Waals surface area contributed by atoms with E-state index >= 15 is 0 Å². The maximum atomic E-state index is 12.4. The molecule has 90 valence electrons. The van der Waals surface area contributed by atoms with Crippen LogP contribution in [-0.2, 0) is 0 Å². The predicted molar refractivity (Wildman–Crippen MR) is 69.0 cm³/mol. The van der Waals surface area contributed by atoms with Crippen molar-refractivity contribution < 1.29 is 4.79 Å². The van der Waals surface area contributed by atoms with Gasteiger partial charge in [-0.3, -0.25) is 4.79 Å². The lowest BCUT2D eigenvalue weighted by Crippen LogP contribution is -2.10. The molecule has 0 N–H and O–H groups in total. The molecule has 1 unspecified atom stereocenters. The monoisotopic (exact) mass is 228 g/mol. The van der Waals surface area contributed by atoms with Gasteiger partial charge in [-0.05, 0) is 24.7 Å². The first-order valence-corrected chi connectivity index (χ1v) is 6.91. The van der Waals surface area contributed by atoms with Crippen LogP contribution in [0, 0.1) is 11.3 Å². The van der Waals surface area contributed by atoms with Gasteiger partial charge in [-0.15, -0.1) is 0 Å². The third kappa shape index (κ3) is 2.03. The van der Waals surface area contributed by atoms with E-state index in [0.717, 1.165) is 12.0 Å². The van der Waals surface area contributed by atoms with E-state index in [4.69, 9.17) is 0 Å². The lowest BCUT2D eigenvalue weighted by molar-refractivity contribution is 0.0944. The summed E-state index contributed by atoms with van der Waals surface area (Å²) in [4.78, 5) is 12.4. The van der Waals surface area contributed by atoms with E-state index in [2.05, 4.69) is 0 Å². The second kappa shape index (κ2) is 4.29. The zero-order valence-corrected chi connectivity index (χ0v) is 10.3. The molecule has 1 atom stereocenters. The summed E-state index contributed by atoms with van der Waals surface area (Å²) in [7, 11) is 0. The summed E-state index contributed by atoms with van der Waals surface area (Å²) >= 11 is 0. The average Bonchev–Trinajstić information content (AvgIpc) is 3.14. The summed E-state index contributed by atoms with van der Waals surface area (Å²) < 4.78 is 0. The van der Waals surface area contributed by atoms with Crippen molar-refractivity contribution in [3.63, 3.8) is 0 Å². The molecule has 2 fully saturated rings. The van der Waals surface area contributed by atoms with Crippen molar-refractivity contribution in [3.05, 3.63) is 35.9 Å². The predicted octanol–water partition coefficient (Wildman–Crippen LogP) is 4.23. The molecular weight excluding hydrogens is 208 g/mol. The minimum atomic E-state index is 0.336. The average molecular weight is 228 g/mol. The summed E-state index contributed by atoms with van der Waals surface area (Å²) in [5, 5.41) is 0. The van der Waals surface area contributed by atoms with E-state index in [-0.39, 0.29) is 0 Å².